The summed E-state index contributed by atoms with van der Waals surface area (Å²) in [4.78, 5) is 12.1. The molecular weight excluding hydrogens is 375 g/mol. The van der Waals surface area contributed by atoms with E-state index < -0.39 is 0 Å². The van der Waals surface area contributed by atoms with Gasteiger partial charge in [0.2, 0.25) is 0 Å². The second-order valence-corrected chi connectivity index (χ2v) is 6.08. The van der Waals surface area contributed by atoms with Crippen molar-refractivity contribution in [2.24, 2.45) is 5.10 Å². The van der Waals surface area contributed by atoms with E-state index in [2.05, 4.69) is 10.5 Å². The first-order valence-electron chi connectivity index (χ1n) is 7.59. The molecule has 0 saturated carbocycles. The van der Waals surface area contributed by atoms with Crippen molar-refractivity contribution in [1.29, 1.82) is 0 Å². The highest BCUT2D eigenvalue weighted by atomic mass is 35.5. The van der Waals surface area contributed by atoms with Gasteiger partial charge in [0.05, 0.1) is 23.4 Å². The fourth-order valence-electron chi connectivity index (χ4n) is 2.21. The number of carbonyl (C=O) groups excluding carboxylic acids is 1. The van der Waals surface area contributed by atoms with Crippen molar-refractivity contribution in [3.63, 3.8) is 0 Å². The molecule has 3 aromatic rings. The van der Waals surface area contributed by atoms with Gasteiger partial charge in [0.1, 0.15) is 17.3 Å². The number of methoxy groups -OCH3 is 1. The van der Waals surface area contributed by atoms with E-state index in [9.17, 15) is 4.79 Å². The summed E-state index contributed by atoms with van der Waals surface area (Å²) in [5.74, 6) is 1.34. The number of ether oxygens (including phenoxy) is 1. The fourth-order valence-corrected chi connectivity index (χ4v) is 2.51. The summed E-state index contributed by atoms with van der Waals surface area (Å²) in [7, 11) is 1.54. The van der Waals surface area contributed by atoms with Crippen molar-refractivity contribution in [1.82, 2.24) is 5.43 Å². The standard InChI is InChI=1S/C19H14Cl2N2O3/c1-25-14-4-2-3-13(9-14)19(24)23-22-11-15-6-8-18(26-15)12-5-7-16(20)17(21)10-12/h2-11H,1H3,(H,23,24)/b22-11-. The lowest BCUT2D eigenvalue weighted by molar-refractivity contribution is 0.0955. The Labute approximate surface area is 160 Å². The Morgan fingerprint density at radius 3 is 2.73 bits per heavy atom. The molecule has 1 aromatic heterocycles. The van der Waals surface area contributed by atoms with Gasteiger partial charge in [-0.15, -0.1) is 0 Å². The normalized spacial score (nSPS) is 10.9. The summed E-state index contributed by atoms with van der Waals surface area (Å²) in [6.07, 6.45) is 1.42. The first-order valence-corrected chi connectivity index (χ1v) is 8.35. The number of nitrogens with one attached hydrogen (secondary N) is 1. The molecule has 0 saturated heterocycles. The van der Waals surface area contributed by atoms with Crippen molar-refractivity contribution < 1.29 is 13.9 Å². The highest BCUT2D eigenvalue weighted by molar-refractivity contribution is 6.42. The molecule has 0 spiro atoms. The Morgan fingerprint density at radius 1 is 1.12 bits per heavy atom. The predicted octanol–water partition coefficient (Wildman–Crippen LogP) is 5.03. The summed E-state index contributed by atoms with van der Waals surface area (Å²) < 4.78 is 10.8. The van der Waals surface area contributed by atoms with E-state index >= 15 is 0 Å². The molecule has 0 aliphatic heterocycles. The van der Waals surface area contributed by atoms with E-state index in [1.807, 2.05) is 0 Å². The van der Waals surface area contributed by atoms with Crippen LogP contribution in [0.1, 0.15) is 16.1 Å². The minimum Gasteiger partial charge on any atom is -0.497 e. The average molecular weight is 389 g/mol. The van der Waals surface area contributed by atoms with E-state index in [0.29, 0.717) is 32.9 Å². The third-order valence-corrected chi connectivity index (χ3v) is 4.26. The Bertz CT molecular complexity index is 967. The lowest BCUT2D eigenvalue weighted by Gasteiger charge is -2.02. The maximum absolute atomic E-state index is 12.1. The summed E-state index contributed by atoms with van der Waals surface area (Å²) >= 11 is 11.9. The SMILES string of the molecule is COc1cccc(C(=O)N/N=C\c2ccc(-c3ccc(Cl)c(Cl)c3)o2)c1. The van der Waals surface area contributed by atoms with Crippen LogP contribution in [-0.4, -0.2) is 19.2 Å². The van der Waals surface area contributed by atoms with Gasteiger partial charge in [0, 0.05) is 11.1 Å². The number of benzene rings is 2. The lowest BCUT2D eigenvalue weighted by Crippen LogP contribution is -2.17. The van der Waals surface area contributed by atoms with Gasteiger partial charge in [0.15, 0.2) is 0 Å². The molecule has 7 heteroatoms. The number of hydrogen-bond acceptors (Lipinski definition) is 4. The van der Waals surface area contributed by atoms with Crippen molar-refractivity contribution in [3.05, 3.63) is 76.0 Å². The number of hydrazone groups is 1. The third-order valence-electron chi connectivity index (χ3n) is 3.52. The molecule has 0 fully saturated rings. The highest BCUT2D eigenvalue weighted by Crippen LogP contribution is 2.29. The van der Waals surface area contributed by atoms with Gasteiger partial charge in [-0.3, -0.25) is 4.79 Å². The molecule has 1 heterocycles. The van der Waals surface area contributed by atoms with Gasteiger partial charge in [-0.05, 0) is 48.5 Å². The molecule has 3 rings (SSSR count). The van der Waals surface area contributed by atoms with E-state index in [0.717, 1.165) is 5.56 Å². The van der Waals surface area contributed by atoms with Gasteiger partial charge < -0.3 is 9.15 Å². The van der Waals surface area contributed by atoms with Crippen molar-refractivity contribution in [2.75, 3.05) is 7.11 Å². The molecule has 0 unspecified atom stereocenters. The zero-order valence-electron chi connectivity index (χ0n) is 13.7. The molecule has 5 nitrogen and oxygen atoms in total. The van der Waals surface area contributed by atoms with Gasteiger partial charge in [0.25, 0.3) is 5.91 Å². The number of halogens is 2. The molecule has 132 valence electrons. The smallest absolute Gasteiger partial charge is 0.271 e. The average Bonchev–Trinajstić information content (AvgIpc) is 3.13. The van der Waals surface area contributed by atoms with E-state index in [4.69, 9.17) is 32.4 Å². The van der Waals surface area contributed by atoms with Crippen LogP contribution in [0.25, 0.3) is 11.3 Å². The topological polar surface area (TPSA) is 63.8 Å². The number of amides is 1. The largest absolute Gasteiger partial charge is 0.497 e. The maximum Gasteiger partial charge on any atom is 0.271 e. The quantitative estimate of drug-likeness (QED) is 0.492. The number of nitrogens with zero attached hydrogens (tertiary/aromatic N) is 1. The van der Waals surface area contributed by atoms with Crippen molar-refractivity contribution in [2.45, 2.75) is 0 Å². The molecule has 2 aromatic carbocycles. The Balaban J connectivity index is 1.66. The third kappa shape index (κ3) is 4.25. The number of rotatable bonds is 5. The second-order valence-electron chi connectivity index (χ2n) is 5.26. The molecule has 0 atom stereocenters. The lowest BCUT2D eigenvalue weighted by atomic mass is 10.2. The first kappa shape index (κ1) is 18.0. The van der Waals surface area contributed by atoms with Gasteiger partial charge in [-0.1, -0.05) is 29.3 Å². The molecule has 0 aliphatic rings. The van der Waals surface area contributed by atoms with E-state index in [-0.39, 0.29) is 5.91 Å². The maximum atomic E-state index is 12.1. The molecule has 0 bridgehead atoms. The molecule has 0 aliphatic carbocycles. The fraction of sp³-hybridized carbons (Fsp3) is 0.0526. The number of carbonyl (C=O) groups is 1. The minimum atomic E-state index is -0.351. The first-order chi connectivity index (χ1) is 12.6. The molecule has 1 N–H and O–H groups in total. The van der Waals surface area contributed by atoms with E-state index in [1.54, 1.807) is 54.6 Å². The van der Waals surface area contributed by atoms with Crippen LogP contribution in [0.5, 0.6) is 5.75 Å². The van der Waals surface area contributed by atoms with Gasteiger partial charge in [-0.2, -0.15) is 5.10 Å². The minimum absolute atomic E-state index is 0.351. The van der Waals surface area contributed by atoms with Crippen LogP contribution in [0.15, 0.2) is 64.1 Å². The van der Waals surface area contributed by atoms with Crippen LogP contribution < -0.4 is 10.2 Å². The van der Waals surface area contributed by atoms with Crippen molar-refractivity contribution >= 4 is 35.3 Å². The summed E-state index contributed by atoms with van der Waals surface area (Å²) in [5, 5.41) is 4.83. The summed E-state index contributed by atoms with van der Waals surface area (Å²) in [6.45, 7) is 0. The highest BCUT2D eigenvalue weighted by Gasteiger charge is 2.07. The van der Waals surface area contributed by atoms with Crippen LogP contribution in [0.3, 0.4) is 0 Å². The van der Waals surface area contributed by atoms with Crippen LogP contribution in [0.4, 0.5) is 0 Å². The van der Waals surface area contributed by atoms with Crippen molar-refractivity contribution in [3.8, 4) is 17.1 Å². The van der Waals surface area contributed by atoms with Crippen LogP contribution in [0, 0.1) is 0 Å². The van der Waals surface area contributed by atoms with Gasteiger partial charge in [-0.25, -0.2) is 5.43 Å². The van der Waals surface area contributed by atoms with E-state index in [1.165, 1.54) is 13.3 Å². The van der Waals surface area contributed by atoms with Gasteiger partial charge >= 0.3 is 0 Å². The van der Waals surface area contributed by atoms with Crippen LogP contribution >= 0.6 is 23.2 Å². The monoisotopic (exact) mass is 388 g/mol. The molecule has 26 heavy (non-hydrogen) atoms. The molecule has 0 radical (unpaired) electrons. The summed E-state index contributed by atoms with van der Waals surface area (Å²) in [6, 6.07) is 15.5. The molecule has 1 amide bonds. The predicted molar refractivity (Wildman–Crippen MR) is 102 cm³/mol. The zero-order valence-corrected chi connectivity index (χ0v) is 15.2. The number of furan rings is 1. The summed E-state index contributed by atoms with van der Waals surface area (Å²) in [5.41, 5.74) is 3.67. The molecular formula is C19H14Cl2N2O3. The van der Waals surface area contributed by atoms with Crippen LogP contribution in [-0.2, 0) is 0 Å². The van der Waals surface area contributed by atoms with Crippen LogP contribution in [0.2, 0.25) is 10.0 Å². The Hall–Kier alpha value is -2.76. The second kappa shape index (κ2) is 8.08. The Morgan fingerprint density at radius 2 is 1.96 bits per heavy atom. The Kier molecular flexibility index (Phi) is 5.61. The zero-order chi connectivity index (χ0) is 18.5. The number of hydrogen-bond donors (Lipinski definition) is 1.